The molecule has 1 aromatic carbocycles. The molecule has 0 aliphatic carbocycles. The number of ether oxygens (including phenoxy) is 1. The first-order chi connectivity index (χ1) is 12.2. The van der Waals surface area contributed by atoms with Crippen molar-refractivity contribution in [3.63, 3.8) is 0 Å². The maximum Gasteiger partial charge on any atom is 0.237 e. The number of benzene rings is 1. The minimum atomic E-state index is -0.196. The van der Waals surface area contributed by atoms with E-state index in [1.54, 1.807) is 6.33 Å². The molecule has 0 radical (unpaired) electrons. The van der Waals surface area contributed by atoms with Crippen molar-refractivity contribution in [3.8, 4) is 5.75 Å². The highest BCUT2D eigenvalue weighted by Gasteiger charge is 2.29. The summed E-state index contributed by atoms with van der Waals surface area (Å²) in [5.41, 5.74) is 3.27. The first kappa shape index (κ1) is 16.0. The molecule has 4 rings (SSSR count). The van der Waals surface area contributed by atoms with E-state index in [1.807, 2.05) is 37.4 Å². The van der Waals surface area contributed by atoms with Crippen LogP contribution in [-0.4, -0.2) is 40.0 Å². The minimum Gasteiger partial charge on any atom is -0.493 e. The zero-order valence-corrected chi connectivity index (χ0v) is 14.3. The van der Waals surface area contributed by atoms with Crippen LogP contribution in [0.5, 0.6) is 5.75 Å². The van der Waals surface area contributed by atoms with Crippen LogP contribution in [0.2, 0.25) is 0 Å². The topological polar surface area (TPSA) is 67.3 Å². The van der Waals surface area contributed by atoms with Gasteiger partial charge in [-0.2, -0.15) is 0 Å². The summed E-state index contributed by atoms with van der Waals surface area (Å²) < 4.78 is 5.68. The summed E-state index contributed by atoms with van der Waals surface area (Å²) in [5.74, 6) is 0.925. The van der Waals surface area contributed by atoms with Gasteiger partial charge in [0.2, 0.25) is 5.91 Å². The Kier molecular flexibility index (Phi) is 4.36. The minimum absolute atomic E-state index is 0.0132. The largest absolute Gasteiger partial charge is 0.493 e. The van der Waals surface area contributed by atoms with Crippen LogP contribution in [-0.2, 0) is 17.8 Å². The molecular formula is C19H22N4O2. The first-order valence-electron chi connectivity index (χ1n) is 8.76. The van der Waals surface area contributed by atoms with Gasteiger partial charge < -0.3 is 10.1 Å². The molecule has 0 bridgehead atoms. The lowest BCUT2D eigenvalue weighted by Gasteiger charge is -2.34. The zero-order chi connectivity index (χ0) is 17.2. The van der Waals surface area contributed by atoms with Gasteiger partial charge in [-0.05, 0) is 25.0 Å². The maximum atomic E-state index is 12.8. The SMILES string of the molecule is C[C@H](C(=O)N[C@@H]1CCOc2ccccc21)N1CCc2cncnc2C1. The second kappa shape index (κ2) is 6.80. The summed E-state index contributed by atoms with van der Waals surface area (Å²) in [5, 5.41) is 3.20. The van der Waals surface area contributed by atoms with Crippen LogP contribution >= 0.6 is 0 Å². The summed E-state index contributed by atoms with van der Waals surface area (Å²) in [4.78, 5) is 23.4. The average Bonchev–Trinajstić information content (AvgIpc) is 2.67. The highest BCUT2D eigenvalue weighted by Crippen LogP contribution is 2.31. The van der Waals surface area contributed by atoms with Crippen molar-refractivity contribution in [1.29, 1.82) is 0 Å². The van der Waals surface area contributed by atoms with Crippen LogP contribution in [0, 0.1) is 0 Å². The van der Waals surface area contributed by atoms with Gasteiger partial charge in [0.25, 0.3) is 0 Å². The fourth-order valence-electron chi connectivity index (χ4n) is 3.55. The summed E-state index contributed by atoms with van der Waals surface area (Å²) >= 11 is 0. The molecule has 0 fully saturated rings. The van der Waals surface area contributed by atoms with E-state index >= 15 is 0 Å². The van der Waals surface area contributed by atoms with Crippen LogP contribution in [0.4, 0.5) is 0 Å². The number of carbonyl (C=O) groups excluding carboxylic acids is 1. The van der Waals surface area contributed by atoms with Gasteiger partial charge in [-0.15, -0.1) is 0 Å². The number of nitrogens with zero attached hydrogens (tertiary/aromatic N) is 3. The standard InChI is InChI=1S/C19H22N4O2/c1-13(23-8-6-14-10-20-12-21-17(14)11-23)19(24)22-16-7-9-25-18-5-3-2-4-15(16)18/h2-5,10,12-13,16H,6-9,11H2,1H3,(H,22,24)/t13-,16-/m1/s1. The summed E-state index contributed by atoms with van der Waals surface area (Å²) in [7, 11) is 0. The number of nitrogens with one attached hydrogen (secondary N) is 1. The second-order valence-electron chi connectivity index (χ2n) is 6.63. The Labute approximate surface area is 147 Å². The molecule has 130 valence electrons. The van der Waals surface area contributed by atoms with Crippen LogP contribution in [0.1, 0.15) is 36.2 Å². The molecule has 2 aromatic rings. The molecule has 3 heterocycles. The Balaban J connectivity index is 1.44. The average molecular weight is 338 g/mol. The Hall–Kier alpha value is -2.47. The number of amides is 1. The maximum absolute atomic E-state index is 12.8. The van der Waals surface area contributed by atoms with Crippen LogP contribution in [0.15, 0.2) is 36.8 Å². The molecular weight excluding hydrogens is 316 g/mol. The van der Waals surface area contributed by atoms with Gasteiger partial charge in [0, 0.05) is 31.3 Å². The molecule has 0 saturated heterocycles. The van der Waals surface area contributed by atoms with E-state index < -0.39 is 0 Å². The van der Waals surface area contributed by atoms with Crippen molar-refractivity contribution in [3.05, 3.63) is 53.6 Å². The quantitative estimate of drug-likeness (QED) is 0.925. The fraction of sp³-hybridized carbons (Fsp3) is 0.421. The van der Waals surface area contributed by atoms with E-state index in [0.717, 1.165) is 36.4 Å². The van der Waals surface area contributed by atoms with Gasteiger partial charge in [0.05, 0.1) is 24.4 Å². The number of hydrogen-bond donors (Lipinski definition) is 1. The third kappa shape index (κ3) is 3.22. The predicted octanol–water partition coefficient (Wildman–Crippen LogP) is 1.86. The van der Waals surface area contributed by atoms with Crippen molar-refractivity contribution in [1.82, 2.24) is 20.2 Å². The second-order valence-corrected chi connectivity index (χ2v) is 6.63. The summed E-state index contributed by atoms with van der Waals surface area (Å²) in [6.45, 7) is 4.13. The van der Waals surface area contributed by atoms with Crippen LogP contribution < -0.4 is 10.1 Å². The monoisotopic (exact) mass is 338 g/mol. The molecule has 25 heavy (non-hydrogen) atoms. The molecule has 2 aliphatic rings. The van der Waals surface area contributed by atoms with Crippen LogP contribution in [0.3, 0.4) is 0 Å². The Morgan fingerprint density at radius 1 is 1.40 bits per heavy atom. The van der Waals surface area contributed by atoms with E-state index in [-0.39, 0.29) is 18.0 Å². The van der Waals surface area contributed by atoms with Crippen molar-refractivity contribution in [2.45, 2.75) is 38.4 Å². The predicted molar refractivity (Wildman–Crippen MR) is 93.0 cm³/mol. The Morgan fingerprint density at radius 3 is 3.20 bits per heavy atom. The van der Waals surface area contributed by atoms with E-state index in [2.05, 4.69) is 20.2 Å². The summed E-state index contributed by atoms with van der Waals surface area (Å²) in [6.07, 6.45) is 5.13. The molecule has 1 N–H and O–H groups in total. The third-order valence-corrected chi connectivity index (χ3v) is 5.10. The van der Waals surface area contributed by atoms with Gasteiger partial charge in [-0.1, -0.05) is 18.2 Å². The number of rotatable bonds is 3. The Morgan fingerprint density at radius 2 is 2.28 bits per heavy atom. The molecule has 6 heteroatoms. The lowest BCUT2D eigenvalue weighted by Crippen LogP contribution is -2.48. The van der Waals surface area contributed by atoms with Crippen molar-refractivity contribution >= 4 is 5.91 Å². The molecule has 2 aliphatic heterocycles. The van der Waals surface area contributed by atoms with Gasteiger partial charge in [-0.25, -0.2) is 9.97 Å². The lowest BCUT2D eigenvalue weighted by atomic mass is 10.00. The molecule has 6 nitrogen and oxygen atoms in total. The molecule has 0 spiro atoms. The molecule has 2 atom stereocenters. The molecule has 1 amide bonds. The third-order valence-electron chi connectivity index (χ3n) is 5.10. The highest BCUT2D eigenvalue weighted by molar-refractivity contribution is 5.82. The summed E-state index contributed by atoms with van der Waals surface area (Å²) in [6, 6.07) is 7.74. The van der Waals surface area contributed by atoms with Crippen molar-refractivity contribution < 1.29 is 9.53 Å². The van der Waals surface area contributed by atoms with Gasteiger partial charge in [0.1, 0.15) is 12.1 Å². The lowest BCUT2D eigenvalue weighted by molar-refractivity contribution is -0.127. The van der Waals surface area contributed by atoms with Crippen LogP contribution in [0.25, 0.3) is 0 Å². The fourth-order valence-corrected chi connectivity index (χ4v) is 3.55. The van der Waals surface area contributed by atoms with E-state index in [4.69, 9.17) is 4.74 Å². The van der Waals surface area contributed by atoms with Crippen molar-refractivity contribution in [2.24, 2.45) is 0 Å². The first-order valence-corrected chi connectivity index (χ1v) is 8.76. The van der Waals surface area contributed by atoms with E-state index in [0.29, 0.717) is 13.2 Å². The van der Waals surface area contributed by atoms with E-state index in [1.165, 1.54) is 5.56 Å². The zero-order valence-electron chi connectivity index (χ0n) is 14.3. The van der Waals surface area contributed by atoms with Gasteiger partial charge in [-0.3, -0.25) is 9.69 Å². The number of para-hydroxylation sites is 1. The Bertz CT molecular complexity index is 780. The van der Waals surface area contributed by atoms with Gasteiger partial charge >= 0.3 is 0 Å². The molecule has 0 saturated carbocycles. The van der Waals surface area contributed by atoms with E-state index in [9.17, 15) is 4.79 Å². The normalized spacial score (nSPS) is 20.8. The highest BCUT2D eigenvalue weighted by atomic mass is 16.5. The number of fused-ring (bicyclic) bond motifs is 2. The number of carbonyl (C=O) groups is 1. The smallest absolute Gasteiger partial charge is 0.237 e. The molecule has 0 unspecified atom stereocenters. The van der Waals surface area contributed by atoms with Crippen molar-refractivity contribution in [2.75, 3.05) is 13.2 Å². The molecule has 1 aromatic heterocycles. The number of aromatic nitrogens is 2. The number of hydrogen-bond acceptors (Lipinski definition) is 5. The van der Waals surface area contributed by atoms with Gasteiger partial charge in [0.15, 0.2) is 0 Å².